The fourth-order valence-corrected chi connectivity index (χ4v) is 4.63. The number of pyridine rings is 1. The molecule has 0 unspecified atom stereocenters. The van der Waals surface area contributed by atoms with E-state index in [1.165, 1.54) is 16.5 Å². The average molecular weight is 544 g/mol. The van der Waals surface area contributed by atoms with Crippen LogP contribution in [0.5, 0.6) is 0 Å². The first kappa shape index (κ1) is 26.2. The molecule has 2 heterocycles. The summed E-state index contributed by atoms with van der Waals surface area (Å²) in [7, 11) is 0. The van der Waals surface area contributed by atoms with Gasteiger partial charge in [0, 0.05) is 30.3 Å². The van der Waals surface area contributed by atoms with Gasteiger partial charge in [0.2, 0.25) is 11.8 Å². The first-order valence-electron chi connectivity index (χ1n) is 12.6. The number of Topliss-reactive ketones (excluding diaryl/α,β-unsaturated/α-hetero) is 2. The fourth-order valence-electron chi connectivity index (χ4n) is 4.47. The summed E-state index contributed by atoms with van der Waals surface area (Å²) in [6.07, 6.45) is 1.80. The number of fused-ring (bicyclic) bond motifs is 1. The molecule has 39 heavy (non-hydrogen) atoms. The van der Waals surface area contributed by atoms with Crippen molar-refractivity contribution >= 4 is 51.7 Å². The summed E-state index contributed by atoms with van der Waals surface area (Å²) in [6, 6.07) is 19.2. The Bertz CT molecular complexity index is 1580. The number of carbonyl (C=O) groups excluding carboxylic acids is 4. The van der Waals surface area contributed by atoms with E-state index < -0.39 is 0 Å². The van der Waals surface area contributed by atoms with Crippen molar-refractivity contribution in [1.82, 2.24) is 19.7 Å². The molecular weight excluding hydrogens is 518 g/mol. The Morgan fingerprint density at radius 3 is 2.49 bits per heavy atom. The maximum Gasteiger partial charge on any atom is 0.245 e. The summed E-state index contributed by atoms with van der Waals surface area (Å²) in [5, 5.41) is 7.94. The van der Waals surface area contributed by atoms with Gasteiger partial charge in [0.15, 0.2) is 11.6 Å². The van der Waals surface area contributed by atoms with Crippen LogP contribution in [0.1, 0.15) is 46.2 Å². The van der Waals surface area contributed by atoms with Crippen LogP contribution in [-0.4, -0.2) is 55.6 Å². The number of rotatable bonds is 10. The molecule has 1 N–H and O–H groups in total. The Morgan fingerprint density at radius 2 is 1.79 bits per heavy atom. The third-order valence-corrected chi connectivity index (χ3v) is 6.71. The Labute approximate surface area is 229 Å². The average Bonchev–Trinajstić information content (AvgIpc) is 3.69. The maximum atomic E-state index is 13.3. The molecule has 4 aromatic rings. The first-order valence-corrected chi connectivity index (χ1v) is 13.0. The van der Waals surface area contributed by atoms with Gasteiger partial charge in [0.05, 0.1) is 5.52 Å². The summed E-state index contributed by atoms with van der Waals surface area (Å²) in [6.45, 7) is 1.15. The van der Waals surface area contributed by atoms with Crippen LogP contribution < -0.4 is 5.32 Å². The maximum absolute atomic E-state index is 13.3. The summed E-state index contributed by atoms with van der Waals surface area (Å²) in [5.41, 5.74) is 2.19. The Kier molecular flexibility index (Phi) is 7.51. The van der Waals surface area contributed by atoms with E-state index in [-0.39, 0.29) is 59.8 Å². The Morgan fingerprint density at radius 1 is 1.03 bits per heavy atom. The normalized spacial score (nSPS) is 12.8. The van der Waals surface area contributed by atoms with E-state index in [4.69, 9.17) is 11.6 Å². The zero-order chi connectivity index (χ0) is 27.5. The highest BCUT2D eigenvalue weighted by molar-refractivity contribution is 6.29. The van der Waals surface area contributed by atoms with Crippen molar-refractivity contribution in [1.29, 1.82) is 0 Å². The second kappa shape index (κ2) is 11.2. The lowest BCUT2D eigenvalue weighted by atomic mass is 10.0. The molecule has 2 aromatic carbocycles. The molecule has 5 rings (SSSR count). The molecule has 1 aliphatic carbocycles. The van der Waals surface area contributed by atoms with E-state index in [2.05, 4.69) is 15.4 Å². The van der Waals surface area contributed by atoms with E-state index in [0.29, 0.717) is 22.3 Å². The molecule has 0 bridgehead atoms. The zero-order valence-electron chi connectivity index (χ0n) is 21.3. The molecule has 9 nitrogen and oxygen atoms in total. The molecule has 0 spiro atoms. The number of carbonyl (C=O) groups is 4. The highest BCUT2D eigenvalue weighted by Crippen LogP contribution is 2.28. The number of nitrogens with one attached hydrogen (secondary N) is 1. The number of hydrogen-bond acceptors (Lipinski definition) is 6. The molecule has 10 heteroatoms. The van der Waals surface area contributed by atoms with E-state index in [1.807, 2.05) is 18.2 Å². The van der Waals surface area contributed by atoms with E-state index >= 15 is 0 Å². The number of hydrogen-bond donors (Lipinski definition) is 1. The number of aromatic nitrogens is 3. The highest BCUT2D eigenvalue weighted by atomic mass is 35.5. The van der Waals surface area contributed by atoms with Crippen LogP contribution in [-0.2, 0) is 22.6 Å². The van der Waals surface area contributed by atoms with E-state index in [0.717, 1.165) is 18.4 Å². The van der Waals surface area contributed by atoms with Crippen molar-refractivity contribution in [3.8, 4) is 0 Å². The second-order valence-corrected chi connectivity index (χ2v) is 9.91. The van der Waals surface area contributed by atoms with Crippen LogP contribution in [0.4, 0.5) is 5.82 Å². The van der Waals surface area contributed by atoms with Crippen LogP contribution in [0, 0.1) is 0 Å². The number of anilines is 1. The first-order chi connectivity index (χ1) is 18.8. The lowest BCUT2D eigenvalue weighted by Crippen LogP contribution is -2.41. The van der Waals surface area contributed by atoms with Crippen LogP contribution in [0.2, 0.25) is 5.15 Å². The lowest BCUT2D eigenvalue weighted by molar-refractivity contribution is -0.135. The second-order valence-electron chi connectivity index (χ2n) is 9.53. The minimum absolute atomic E-state index is 0.0275. The predicted molar refractivity (Wildman–Crippen MR) is 147 cm³/mol. The summed E-state index contributed by atoms with van der Waals surface area (Å²) in [5.74, 6) is -0.637. The van der Waals surface area contributed by atoms with Crippen molar-refractivity contribution in [3.63, 3.8) is 0 Å². The van der Waals surface area contributed by atoms with Gasteiger partial charge < -0.3 is 10.2 Å². The van der Waals surface area contributed by atoms with Crippen LogP contribution in [0.25, 0.3) is 10.9 Å². The van der Waals surface area contributed by atoms with Crippen LogP contribution in [0.15, 0.2) is 66.7 Å². The SMILES string of the molecule is CC(=O)c1nn(CC(=O)N(CC(=O)Nc2cccc(Cl)n2)C2CC2)c2ccc(CC(=O)c3ccccc3)cc12. The van der Waals surface area contributed by atoms with Crippen molar-refractivity contribution in [2.24, 2.45) is 0 Å². The van der Waals surface area contributed by atoms with Crippen LogP contribution in [0.3, 0.4) is 0 Å². The third-order valence-electron chi connectivity index (χ3n) is 6.50. The number of nitrogens with zero attached hydrogens (tertiary/aromatic N) is 4. The zero-order valence-corrected chi connectivity index (χ0v) is 22.0. The van der Waals surface area contributed by atoms with Gasteiger partial charge in [0.25, 0.3) is 0 Å². The molecule has 2 aromatic heterocycles. The Balaban J connectivity index is 1.34. The molecule has 198 valence electrons. The molecule has 1 aliphatic rings. The molecule has 1 fully saturated rings. The summed E-state index contributed by atoms with van der Waals surface area (Å²) >= 11 is 5.89. The lowest BCUT2D eigenvalue weighted by Gasteiger charge is -2.22. The fraction of sp³-hybridized carbons (Fsp3) is 0.241. The standard InChI is InChI=1S/C29H26ClN5O4/c1-18(36)29-22-14-19(15-24(37)20-6-3-2-4-7-20)10-13-23(22)35(33-29)17-28(39)34(21-11-12-21)16-27(38)32-26-9-5-8-25(30)31-26/h2-10,13-14,21H,11-12,15-17H2,1H3,(H,31,32,38). The molecule has 0 atom stereocenters. The highest BCUT2D eigenvalue weighted by Gasteiger charge is 2.34. The number of ketones is 2. The predicted octanol–water partition coefficient (Wildman–Crippen LogP) is 4.34. The van der Waals surface area contributed by atoms with Gasteiger partial charge in [-0.2, -0.15) is 5.10 Å². The smallest absolute Gasteiger partial charge is 0.245 e. The summed E-state index contributed by atoms with van der Waals surface area (Å²) < 4.78 is 1.49. The minimum atomic E-state index is -0.382. The topological polar surface area (TPSA) is 114 Å². The van der Waals surface area contributed by atoms with Gasteiger partial charge in [-0.1, -0.05) is 54.1 Å². The number of halogens is 1. The van der Waals surface area contributed by atoms with Crippen molar-refractivity contribution in [3.05, 3.63) is 88.7 Å². The molecule has 0 saturated heterocycles. The quantitative estimate of drug-likeness (QED) is 0.235. The van der Waals surface area contributed by atoms with Gasteiger partial charge in [-0.05, 0) is 42.7 Å². The number of benzene rings is 2. The van der Waals surface area contributed by atoms with Crippen molar-refractivity contribution in [2.45, 2.75) is 38.8 Å². The molecule has 0 radical (unpaired) electrons. The molecule has 0 aliphatic heterocycles. The minimum Gasteiger partial charge on any atom is -0.329 e. The van der Waals surface area contributed by atoms with Gasteiger partial charge in [-0.25, -0.2) is 4.98 Å². The summed E-state index contributed by atoms with van der Waals surface area (Å²) in [4.78, 5) is 56.7. The van der Waals surface area contributed by atoms with Crippen LogP contribution >= 0.6 is 11.6 Å². The molecule has 1 saturated carbocycles. The molecule has 2 amide bonds. The van der Waals surface area contributed by atoms with Gasteiger partial charge >= 0.3 is 0 Å². The largest absolute Gasteiger partial charge is 0.329 e. The Hall–Kier alpha value is -4.37. The van der Waals surface area contributed by atoms with E-state index in [1.54, 1.807) is 48.5 Å². The molecular formula is C29H26ClN5O4. The van der Waals surface area contributed by atoms with Gasteiger partial charge in [-0.15, -0.1) is 0 Å². The monoisotopic (exact) mass is 543 g/mol. The third kappa shape index (κ3) is 6.21. The van der Waals surface area contributed by atoms with Gasteiger partial charge in [0.1, 0.15) is 29.8 Å². The van der Waals surface area contributed by atoms with Crippen molar-refractivity contribution < 1.29 is 19.2 Å². The van der Waals surface area contributed by atoms with Crippen molar-refractivity contribution in [2.75, 3.05) is 11.9 Å². The van der Waals surface area contributed by atoms with Gasteiger partial charge in [-0.3, -0.25) is 23.9 Å². The number of amides is 2. The van der Waals surface area contributed by atoms with E-state index in [9.17, 15) is 19.2 Å².